The van der Waals surface area contributed by atoms with Crippen LogP contribution in [0.5, 0.6) is 5.88 Å². The Morgan fingerprint density at radius 1 is 1.38 bits per heavy atom. The molecule has 0 unspecified atom stereocenters. The van der Waals surface area contributed by atoms with Crippen LogP contribution in [0.4, 0.5) is 23.2 Å². The molecule has 0 atom stereocenters. The first-order chi connectivity index (χ1) is 8.85. The summed E-state index contributed by atoms with van der Waals surface area (Å²) in [6.45, 7) is -1.70. The van der Waals surface area contributed by atoms with Gasteiger partial charge in [0.1, 0.15) is 0 Å². The minimum Gasteiger partial charge on any atom is -0.471 e. The Hall–Kier alpha value is -1.32. The van der Waals surface area contributed by atoms with Crippen LogP contribution in [-0.2, 0) is 4.79 Å². The van der Waals surface area contributed by atoms with E-state index in [1.807, 2.05) is 0 Å². The molecule has 1 amide bonds. The van der Waals surface area contributed by atoms with Crippen LogP contribution in [0.3, 0.4) is 0 Å². The normalized spacial score (nSPS) is 10.4. The number of nitrogens with two attached hydrogens (primary N) is 1. The topological polar surface area (TPSA) is 77.2 Å². The third kappa shape index (κ3) is 7.30. The van der Waals surface area contributed by atoms with E-state index < -0.39 is 24.9 Å². The van der Waals surface area contributed by atoms with E-state index >= 15 is 0 Å². The Balaban J connectivity index is 0. The highest BCUT2D eigenvalue weighted by Gasteiger charge is 2.41. The second-order valence-corrected chi connectivity index (χ2v) is 3.49. The summed E-state index contributed by atoms with van der Waals surface area (Å²) in [6, 6.07) is 2.48. The lowest BCUT2D eigenvalue weighted by molar-refractivity contribution is -0.148. The first kappa shape index (κ1) is 22.0. The summed E-state index contributed by atoms with van der Waals surface area (Å²) in [5.74, 6) is -4.96. The van der Waals surface area contributed by atoms with Gasteiger partial charge in [0.05, 0.1) is 18.4 Å². The first-order valence-electron chi connectivity index (χ1n) is 5.10. The highest BCUT2D eigenvalue weighted by atomic mass is 35.5. The number of aromatic nitrogens is 1. The van der Waals surface area contributed by atoms with Crippen molar-refractivity contribution in [1.82, 2.24) is 4.98 Å². The molecule has 0 aromatic carbocycles. The Kier molecular flexibility index (Phi) is 10.0. The van der Waals surface area contributed by atoms with E-state index in [0.29, 0.717) is 0 Å². The SMILES string of the molecule is Cl.Cl.NCC(=O)Nc1ccc(OCC(F)(F)C(F)F)nc1. The van der Waals surface area contributed by atoms with Crippen molar-refractivity contribution in [1.29, 1.82) is 0 Å². The van der Waals surface area contributed by atoms with Gasteiger partial charge in [-0.3, -0.25) is 4.79 Å². The summed E-state index contributed by atoms with van der Waals surface area (Å²) in [6.07, 6.45) is -2.68. The van der Waals surface area contributed by atoms with Crippen molar-refractivity contribution in [2.45, 2.75) is 12.3 Å². The second-order valence-electron chi connectivity index (χ2n) is 3.49. The van der Waals surface area contributed by atoms with Gasteiger partial charge in [0, 0.05) is 6.07 Å². The Morgan fingerprint density at radius 2 is 2.00 bits per heavy atom. The summed E-state index contributed by atoms with van der Waals surface area (Å²) in [4.78, 5) is 14.5. The smallest absolute Gasteiger partial charge is 0.340 e. The maximum absolute atomic E-state index is 12.6. The van der Waals surface area contributed by atoms with Crippen LogP contribution >= 0.6 is 24.8 Å². The molecule has 1 heterocycles. The zero-order valence-electron chi connectivity index (χ0n) is 10.4. The third-order valence-corrected chi connectivity index (χ3v) is 1.94. The van der Waals surface area contributed by atoms with Gasteiger partial charge in [0.2, 0.25) is 11.8 Å². The van der Waals surface area contributed by atoms with E-state index in [0.717, 1.165) is 12.3 Å². The molecule has 1 rings (SSSR count). The Bertz CT molecular complexity index is 435. The summed E-state index contributed by atoms with van der Waals surface area (Å²) in [7, 11) is 0. The number of carbonyl (C=O) groups excluding carboxylic acids is 1. The van der Waals surface area contributed by atoms with Crippen LogP contribution in [0, 0.1) is 0 Å². The van der Waals surface area contributed by atoms with Gasteiger partial charge in [-0.25, -0.2) is 13.8 Å². The van der Waals surface area contributed by atoms with Gasteiger partial charge in [-0.2, -0.15) is 8.78 Å². The molecule has 11 heteroatoms. The van der Waals surface area contributed by atoms with Crippen LogP contribution in [0.2, 0.25) is 0 Å². The van der Waals surface area contributed by atoms with Crippen LogP contribution in [-0.4, -0.2) is 36.4 Å². The van der Waals surface area contributed by atoms with Gasteiger partial charge in [-0.1, -0.05) is 0 Å². The summed E-state index contributed by atoms with van der Waals surface area (Å²) in [5, 5.41) is 2.36. The molecular formula is C10H13Cl2F4N3O2. The maximum atomic E-state index is 12.6. The van der Waals surface area contributed by atoms with Crippen LogP contribution in [0.1, 0.15) is 0 Å². The Morgan fingerprint density at radius 3 is 2.43 bits per heavy atom. The molecule has 0 saturated carbocycles. The average Bonchev–Trinajstić information content (AvgIpc) is 2.37. The lowest BCUT2D eigenvalue weighted by Crippen LogP contribution is -2.33. The lowest BCUT2D eigenvalue weighted by Gasteiger charge is -2.15. The number of rotatable bonds is 6. The largest absolute Gasteiger partial charge is 0.471 e. The van der Waals surface area contributed by atoms with E-state index in [9.17, 15) is 22.4 Å². The molecule has 3 N–H and O–H groups in total. The molecule has 0 aliphatic heterocycles. The molecule has 21 heavy (non-hydrogen) atoms. The molecular weight excluding hydrogens is 341 g/mol. The van der Waals surface area contributed by atoms with Crippen molar-refractivity contribution in [3.8, 4) is 5.88 Å². The monoisotopic (exact) mass is 353 g/mol. The van der Waals surface area contributed by atoms with E-state index in [1.165, 1.54) is 6.07 Å². The minimum absolute atomic E-state index is 0. The zero-order chi connectivity index (χ0) is 14.5. The van der Waals surface area contributed by atoms with Gasteiger partial charge in [0.25, 0.3) is 0 Å². The molecule has 0 saturated heterocycles. The molecule has 0 fully saturated rings. The summed E-state index contributed by atoms with van der Waals surface area (Å²) < 4.78 is 53.3. The number of hydrogen-bond acceptors (Lipinski definition) is 4. The number of hydrogen-bond donors (Lipinski definition) is 2. The highest BCUT2D eigenvalue weighted by Crippen LogP contribution is 2.23. The van der Waals surface area contributed by atoms with Crippen LogP contribution in [0.15, 0.2) is 18.3 Å². The van der Waals surface area contributed by atoms with Crippen LogP contribution in [0.25, 0.3) is 0 Å². The summed E-state index contributed by atoms with van der Waals surface area (Å²) in [5.41, 5.74) is 5.34. The molecule has 1 aromatic heterocycles. The highest BCUT2D eigenvalue weighted by molar-refractivity contribution is 5.91. The van der Waals surface area contributed by atoms with E-state index in [4.69, 9.17) is 5.73 Å². The Labute approximate surface area is 130 Å². The van der Waals surface area contributed by atoms with Crippen molar-refractivity contribution < 1.29 is 27.1 Å². The predicted molar refractivity (Wildman–Crippen MR) is 72.9 cm³/mol. The number of nitrogens with one attached hydrogen (secondary N) is 1. The van der Waals surface area contributed by atoms with E-state index in [2.05, 4.69) is 15.0 Å². The second kappa shape index (κ2) is 9.59. The van der Waals surface area contributed by atoms with Crippen molar-refractivity contribution in [2.75, 3.05) is 18.5 Å². The number of pyridine rings is 1. The first-order valence-corrected chi connectivity index (χ1v) is 5.10. The number of ether oxygens (including phenoxy) is 1. The standard InChI is InChI=1S/C10H11F4N3O2.2ClH/c11-9(12)10(13,14)5-19-8-2-1-6(4-16-8)17-7(18)3-15;;/h1-2,4,9H,3,5,15H2,(H,17,18);2*1H. The maximum Gasteiger partial charge on any atom is 0.340 e. The quantitative estimate of drug-likeness (QED) is 0.767. The molecule has 5 nitrogen and oxygen atoms in total. The van der Waals surface area contributed by atoms with Crippen molar-refractivity contribution in [3.05, 3.63) is 18.3 Å². The number of amides is 1. The average molecular weight is 354 g/mol. The fraction of sp³-hybridized carbons (Fsp3) is 0.400. The fourth-order valence-corrected chi connectivity index (χ4v) is 0.985. The van der Waals surface area contributed by atoms with Crippen molar-refractivity contribution >= 4 is 36.4 Å². The van der Waals surface area contributed by atoms with Gasteiger partial charge < -0.3 is 15.8 Å². The molecule has 0 radical (unpaired) electrons. The van der Waals surface area contributed by atoms with Gasteiger partial charge in [0.15, 0.2) is 6.61 Å². The molecule has 1 aromatic rings. The number of alkyl halides is 4. The number of anilines is 1. The lowest BCUT2D eigenvalue weighted by atomic mass is 10.4. The summed E-state index contributed by atoms with van der Waals surface area (Å²) >= 11 is 0. The molecule has 0 aliphatic rings. The van der Waals surface area contributed by atoms with Gasteiger partial charge in [-0.15, -0.1) is 24.8 Å². The number of carbonyl (C=O) groups is 1. The van der Waals surface area contributed by atoms with E-state index in [1.54, 1.807) is 0 Å². The third-order valence-electron chi connectivity index (χ3n) is 1.94. The number of halogens is 6. The van der Waals surface area contributed by atoms with Crippen LogP contribution < -0.4 is 15.8 Å². The zero-order valence-corrected chi connectivity index (χ0v) is 12.0. The van der Waals surface area contributed by atoms with Gasteiger partial charge in [-0.05, 0) is 6.07 Å². The van der Waals surface area contributed by atoms with Crippen molar-refractivity contribution in [3.63, 3.8) is 0 Å². The van der Waals surface area contributed by atoms with E-state index in [-0.39, 0.29) is 42.9 Å². The van der Waals surface area contributed by atoms with Gasteiger partial charge >= 0.3 is 12.3 Å². The van der Waals surface area contributed by atoms with Crippen molar-refractivity contribution in [2.24, 2.45) is 5.73 Å². The predicted octanol–water partition coefficient (Wildman–Crippen LogP) is 2.10. The molecule has 0 bridgehead atoms. The minimum atomic E-state index is -4.24. The molecule has 0 aliphatic carbocycles. The number of nitrogens with zero attached hydrogens (tertiary/aromatic N) is 1. The molecule has 0 spiro atoms. The molecule has 122 valence electrons. The fourth-order valence-electron chi connectivity index (χ4n) is 0.985.